The smallest absolute Gasteiger partial charge is 0.252 e. The van der Waals surface area contributed by atoms with Gasteiger partial charge >= 0.3 is 0 Å². The molecule has 5 heteroatoms. The Hall–Kier alpha value is -1.57. The van der Waals surface area contributed by atoms with Gasteiger partial charge in [0.05, 0.1) is 6.07 Å². The van der Waals surface area contributed by atoms with Crippen LogP contribution in [0.25, 0.3) is 0 Å². The van der Waals surface area contributed by atoms with Crippen LogP contribution >= 0.6 is 0 Å². The van der Waals surface area contributed by atoms with Crippen molar-refractivity contribution in [2.45, 2.75) is 26.2 Å². The lowest BCUT2D eigenvalue weighted by molar-refractivity contribution is -0.128. The molecule has 0 heterocycles. The minimum absolute atomic E-state index is 0.244. The maximum absolute atomic E-state index is 10.7. The molecular formula is C7H11N3O2. The molecule has 2 amide bonds. The average Bonchev–Trinajstić information content (AvgIpc) is 2.02. The first-order chi connectivity index (χ1) is 5.70. The first-order valence-electron chi connectivity index (χ1n) is 3.65. The Morgan fingerprint density at radius 3 is 2.42 bits per heavy atom. The summed E-state index contributed by atoms with van der Waals surface area (Å²) in [6.07, 6.45) is 0.846. The van der Waals surface area contributed by atoms with Crippen molar-refractivity contribution in [2.75, 3.05) is 0 Å². The van der Waals surface area contributed by atoms with Gasteiger partial charge in [-0.25, -0.2) is 0 Å². The van der Waals surface area contributed by atoms with Gasteiger partial charge in [-0.05, 0) is 6.42 Å². The van der Waals surface area contributed by atoms with Crippen molar-refractivity contribution in [1.29, 1.82) is 5.26 Å². The van der Waals surface area contributed by atoms with Crippen LogP contribution in [0.1, 0.15) is 26.2 Å². The molecule has 5 nitrogen and oxygen atoms in total. The average molecular weight is 169 g/mol. The van der Waals surface area contributed by atoms with E-state index in [-0.39, 0.29) is 12.3 Å². The molecule has 0 atom stereocenters. The Bertz CT molecular complexity index is 207. The Morgan fingerprint density at radius 2 is 1.92 bits per heavy atom. The maximum Gasteiger partial charge on any atom is 0.252 e. The zero-order valence-corrected chi connectivity index (χ0v) is 6.89. The van der Waals surface area contributed by atoms with E-state index in [4.69, 9.17) is 5.26 Å². The van der Waals surface area contributed by atoms with Crippen LogP contribution in [-0.4, -0.2) is 11.8 Å². The van der Waals surface area contributed by atoms with Crippen LogP contribution in [0.4, 0.5) is 0 Å². The molecule has 0 aromatic heterocycles. The molecule has 0 fully saturated rings. The van der Waals surface area contributed by atoms with Crippen molar-refractivity contribution in [3.05, 3.63) is 0 Å². The molecular weight excluding hydrogens is 158 g/mol. The molecule has 0 rings (SSSR count). The van der Waals surface area contributed by atoms with Gasteiger partial charge in [-0.1, -0.05) is 6.92 Å². The summed E-state index contributed by atoms with van der Waals surface area (Å²) in [5, 5.41) is 8.08. The minimum atomic E-state index is -0.498. The predicted octanol–water partition coefficient (Wildman–Crippen LogP) is -0.152. The van der Waals surface area contributed by atoms with Gasteiger partial charge in [0, 0.05) is 6.42 Å². The zero-order chi connectivity index (χ0) is 9.40. The van der Waals surface area contributed by atoms with E-state index in [2.05, 4.69) is 10.9 Å². The second-order valence-corrected chi connectivity index (χ2v) is 2.18. The van der Waals surface area contributed by atoms with Crippen molar-refractivity contribution >= 4 is 11.8 Å². The maximum atomic E-state index is 10.7. The highest BCUT2D eigenvalue weighted by Crippen LogP contribution is 1.83. The second kappa shape index (κ2) is 6.16. The van der Waals surface area contributed by atoms with Crippen LogP contribution in [0, 0.1) is 11.3 Å². The quantitative estimate of drug-likeness (QED) is 0.576. The normalized spacial score (nSPS) is 8.33. The van der Waals surface area contributed by atoms with Gasteiger partial charge < -0.3 is 0 Å². The highest BCUT2D eigenvalue weighted by atomic mass is 16.2. The monoisotopic (exact) mass is 169 g/mol. The SMILES string of the molecule is CCCC(=O)NNC(=O)CC#N. The summed E-state index contributed by atoms with van der Waals surface area (Å²) in [5.74, 6) is -0.745. The topological polar surface area (TPSA) is 82.0 Å². The molecule has 0 aliphatic heterocycles. The second-order valence-electron chi connectivity index (χ2n) is 2.18. The van der Waals surface area contributed by atoms with Gasteiger partial charge in [-0.3, -0.25) is 20.4 Å². The number of rotatable bonds is 3. The largest absolute Gasteiger partial charge is 0.273 e. The van der Waals surface area contributed by atoms with Crippen molar-refractivity contribution in [2.24, 2.45) is 0 Å². The zero-order valence-electron chi connectivity index (χ0n) is 6.89. The van der Waals surface area contributed by atoms with Crippen LogP contribution in [0.2, 0.25) is 0 Å². The van der Waals surface area contributed by atoms with Crippen LogP contribution in [0.5, 0.6) is 0 Å². The predicted molar refractivity (Wildman–Crippen MR) is 41.4 cm³/mol. The van der Waals surface area contributed by atoms with E-state index in [0.717, 1.165) is 6.42 Å². The fourth-order valence-electron chi connectivity index (χ4n) is 0.545. The van der Waals surface area contributed by atoms with Crippen LogP contribution in [0.3, 0.4) is 0 Å². The van der Waals surface area contributed by atoms with E-state index >= 15 is 0 Å². The number of carbonyl (C=O) groups excluding carboxylic acids is 2. The molecule has 66 valence electrons. The summed E-state index contributed by atoms with van der Waals surface area (Å²) in [4.78, 5) is 21.3. The van der Waals surface area contributed by atoms with Crippen LogP contribution in [-0.2, 0) is 9.59 Å². The Morgan fingerprint density at radius 1 is 1.33 bits per heavy atom. The first-order valence-corrected chi connectivity index (χ1v) is 3.65. The van der Waals surface area contributed by atoms with E-state index < -0.39 is 5.91 Å². The molecule has 0 aliphatic rings. The highest BCUT2D eigenvalue weighted by molar-refractivity contribution is 5.82. The summed E-state index contributed by atoms with van der Waals surface area (Å²) in [7, 11) is 0. The van der Waals surface area contributed by atoms with Crippen molar-refractivity contribution in [3.8, 4) is 6.07 Å². The summed E-state index contributed by atoms with van der Waals surface area (Å²) in [5.41, 5.74) is 4.29. The molecule has 0 unspecified atom stereocenters. The van der Waals surface area contributed by atoms with Crippen molar-refractivity contribution < 1.29 is 9.59 Å². The van der Waals surface area contributed by atoms with Crippen molar-refractivity contribution in [3.63, 3.8) is 0 Å². The molecule has 0 saturated carbocycles. The molecule has 0 aromatic carbocycles. The molecule has 0 bridgehead atoms. The van der Waals surface area contributed by atoms with Gasteiger partial charge in [0.25, 0.3) is 5.91 Å². The Balaban J connectivity index is 3.48. The molecule has 0 aliphatic carbocycles. The Kier molecular flexibility index (Phi) is 5.35. The molecule has 0 spiro atoms. The lowest BCUT2D eigenvalue weighted by Crippen LogP contribution is -2.41. The molecule has 0 aromatic rings. The minimum Gasteiger partial charge on any atom is -0.273 e. The van der Waals surface area contributed by atoms with Gasteiger partial charge in [-0.15, -0.1) is 0 Å². The molecule has 0 saturated heterocycles. The number of hydrogen-bond donors (Lipinski definition) is 2. The van der Waals surface area contributed by atoms with E-state index in [1.807, 2.05) is 6.92 Å². The van der Waals surface area contributed by atoms with E-state index in [0.29, 0.717) is 6.42 Å². The third-order valence-electron chi connectivity index (χ3n) is 1.06. The van der Waals surface area contributed by atoms with Gasteiger partial charge in [-0.2, -0.15) is 5.26 Å². The first kappa shape index (κ1) is 10.4. The number of nitriles is 1. The van der Waals surface area contributed by atoms with Gasteiger partial charge in [0.15, 0.2) is 0 Å². The Labute approximate surface area is 70.7 Å². The number of nitrogens with zero attached hydrogens (tertiary/aromatic N) is 1. The molecule has 0 radical (unpaired) electrons. The van der Waals surface area contributed by atoms with Crippen LogP contribution in [0.15, 0.2) is 0 Å². The number of hydrogen-bond acceptors (Lipinski definition) is 3. The number of carbonyl (C=O) groups is 2. The van der Waals surface area contributed by atoms with E-state index in [1.165, 1.54) is 0 Å². The number of amides is 2. The molecule has 12 heavy (non-hydrogen) atoms. The summed E-state index contributed by atoms with van der Waals surface area (Å²) in [6.45, 7) is 1.86. The lowest BCUT2D eigenvalue weighted by Gasteiger charge is -2.03. The fourth-order valence-corrected chi connectivity index (χ4v) is 0.545. The summed E-state index contributed by atoms with van der Waals surface area (Å²) < 4.78 is 0. The van der Waals surface area contributed by atoms with Crippen LogP contribution < -0.4 is 10.9 Å². The third-order valence-corrected chi connectivity index (χ3v) is 1.06. The fraction of sp³-hybridized carbons (Fsp3) is 0.571. The summed E-state index contributed by atoms with van der Waals surface area (Å²) >= 11 is 0. The van der Waals surface area contributed by atoms with E-state index in [9.17, 15) is 9.59 Å². The van der Waals surface area contributed by atoms with E-state index in [1.54, 1.807) is 6.07 Å². The van der Waals surface area contributed by atoms with Crippen molar-refractivity contribution in [1.82, 2.24) is 10.9 Å². The number of hydrazine groups is 1. The lowest BCUT2D eigenvalue weighted by atomic mass is 10.3. The number of nitrogens with one attached hydrogen (secondary N) is 2. The summed E-state index contributed by atoms with van der Waals surface area (Å²) in [6, 6.07) is 1.66. The van der Waals surface area contributed by atoms with Gasteiger partial charge in [0.1, 0.15) is 6.42 Å². The van der Waals surface area contributed by atoms with Gasteiger partial charge in [0.2, 0.25) is 5.91 Å². The molecule has 2 N–H and O–H groups in total. The third kappa shape index (κ3) is 5.23. The highest BCUT2D eigenvalue weighted by Gasteiger charge is 2.01. The standard InChI is InChI=1S/C7H11N3O2/c1-2-3-6(11)9-10-7(12)4-5-8/h2-4H2,1H3,(H,9,11)(H,10,12).